The van der Waals surface area contributed by atoms with Crippen LogP contribution in [-0.2, 0) is 6.42 Å². The Labute approximate surface area is 101 Å². The summed E-state index contributed by atoms with van der Waals surface area (Å²) in [5.41, 5.74) is 0.841. The minimum Gasteiger partial charge on any atom is -0.393 e. The van der Waals surface area contributed by atoms with E-state index in [1.54, 1.807) is 12.1 Å². The lowest BCUT2D eigenvalue weighted by atomic mass is 9.96. The Morgan fingerprint density at radius 2 is 1.80 bits per heavy atom. The van der Waals surface area contributed by atoms with E-state index in [1.807, 2.05) is 13.0 Å². The fraction of sp³-hybridized carbons (Fsp3) is 0.500. The van der Waals surface area contributed by atoms with Crippen molar-refractivity contribution in [3.63, 3.8) is 0 Å². The first kappa shape index (κ1) is 12.8. The molecule has 1 N–H and O–H groups in total. The largest absolute Gasteiger partial charge is 0.393 e. The summed E-state index contributed by atoms with van der Waals surface area (Å²) >= 11 is 12.1. The summed E-state index contributed by atoms with van der Waals surface area (Å²) in [6.45, 7) is 4.08. The molecule has 0 amide bonds. The molecule has 0 fully saturated rings. The van der Waals surface area contributed by atoms with Crippen molar-refractivity contribution in [2.45, 2.75) is 32.8 Å². The fourth-order valence-corrected chi connectivity index (χ4v) is 1.96. The normalized spacial score (nSPS) is 15.0. The Kier molecular flexibility index (Phi) is 4.91. The molecule has 0 aromatic heterocycles. The van der Waals surface area contributed by atoms with Crippen molar-refractivity contribution < 1.29 is 5.11 Å². The smallest absolute Gasteiger partial charge is 0.0607 e. The summed E-state index contributed by atoms with van der Waals surface area (Å²) in [4.78, 5) is 0. The molecule has 0 heterocycles. The number of aliphatic hydroxyl groups is 1. The second-order valence-electron chi connectivity index (χ2n) is 3.86. The minimum atomic E-state index is -0.382. The Bertz CT molecular complexity index is 305. The Hall–Kier alpha value is -0.240. The highest BCUT2D eigenvalue weighted by atomic mass is 35.5. The van der Waals surface area contributed by atoms with E-state index in [9.17, 15) is 5.11 Å². The van der Waals surface area contributed by atoms with Crippen LogP contribution in [0.5, 0.6) is 0 Å². The number of halogens is 2. The van der Waals surface area contributed by atoms with E-state index in [4.69, 9.17) is 23.2 Å². The highest BCUT2D eigenvalue weighted by Gasteiger charge is 2.16. The van der Waals surface area contributed by atoms with Crippen LogP contribution in [0.2, 0.25) is 10.0 Å². The van der Waals surface area contributed by atoms with Crippen molar-refractivity contribution in [2.75, 3.05) is 0 Å². The number of hydrogen-bond donors (Lipinski definition) is 1. The van der Waals surface area contributed by atoms with Gasteiger partial charge in [0.05, 0.1) is 6.10 Å². The van der Waals surface area contributed by atoms with Crippen molar-refractivity contribution in [1.82, 2.24) is 0 Å². The maximum Gasteiger partial charge on any atom is 0.0607 e. The van der Waals surface area contributed by atoms with Crippen LogP contribution in [0, 0.1) is 5.92 Å². The average molecular weight is 247 g/mol. The van der Waals surface area contributed by atoms with Crippen LogP contribution < -0.4 is 0 Å². The van der Waals surface area contributed by atoms with Crippen molar-refractivity contribution in [2.24, 2.45) is 5.92 Å². The molecule has 0 aliphatic heterocycles. The number of rotatable bonds is 4. The molecule has 0 aliphatic carbocycles. The van der Waals surface area contributed by atoms with Gasteiger partial charge in [-0.05, 0) is 23.6 Å². The average Bonchev–Trinajstić information content (AvgIpc) is 2.22. The van der Waals surface area contributed by atoms with Gasteiger partial charge in [-0.1, -0.05) is 49.5 Å². The molecule has 1 rings (SSSR count). The Balaban J connectivity index is 2.80. The van der Waals surface area contributed by atoms with E-state index < -0.39 is 0 Å². The predicted octanol–water partition coefficient (Wildman–Crippen LogP) is 3.94. The van der Waals surface area contributed by atoms with Crippen LogP contribution in [0.4, 0.5) is 0 Å². The minimum absolute atomic E-state index is 0.261. The summed E-state index contributed by atoms with van der Waals surface area (Å²) in [6, 6.07) is 5.40. The van der Waals surface area contributed by atoms with Gasteiger partial charge in [0.25, 0.3) is 0 Å². The van der Waals surface area contributed by atoms with Crippen LogP contribution in [-0.4, -0.2) is 11.2 Å². The second-order valence-corrected chi connectivity index (χ2v) is 4.67. The lowest BCUT2D eigenvalue weighted by Crippen LogP contribution is -2.20. The summed E-state index contributed by atoms with van der Waals surface area (Å²) in [7, 11) is 0. The molecular formula is C12H16Cl2O. The van der Waals surface area contributed by atoms with Gasteiger partial charge in [0.1, 0.15) is 0 Å². The number of benzene rings is 1. The van der Waals surface area contributed by atoms with Crippen LogP contribution >= 0.6 is 23.2 Å². The van der Waals surface area contributed by atoms with Gasteiger partial charge in [-0.3, -0.25) is 0 Å². The summed E-state index contributed by atoms with van der Waals surface area (Å²) in [5.74, 6) is 0.261. The molecule has 0 radical (unpaired) electrons. The van der Waals surface area contributed by atoms with E-state index in [0.717, 1.165) is 12.0 Å². The second kappa shape index (κ2) is 5.74. The van der Waals surface area contributed by atoms with Crippen LogP contribution in [0.15, 0.2) is 18.2 Å². The molecule has 0 bridgehead atoms. The molecule has 15 heavy (non-hydrogen) atoms. The van der Waals surface area contributed by atoms with E-state index in [0.29, 0.717) is 16.5 Å². The SMILES string of the molecule is CCC(C)C(O)Cc1c(Cl)cccc1Cl. The summed E-state index contributed by atoms with van der Waals surface area (Å²) in [6.07, 6.45) is 1.09. The molecular weight excluding hydrogens is 231 g/mol. The lowest BCUT2D eigenvalue weighted by molar-refractivity contribution is 0.115. The molecule has 1 aromatic rings. The van der Waals surface area contributed by atoms with Crippen molar-refractivity contribution in [3.05, 3.63) is 33.8 Å². The monoisotopic (exact) mass is 246 g/mol. The Morgan fingerprint density at radius 1 is 1.27 bits per heavy atom. The first-order valence-corrected chi connectivity index (χ1v) is 5.92. The molecule has 0 saturated carbocycles. The standard InChI is InChI=1S/C12H16Cl2O/c1-3-8(2)12(15)7-9-10(13)5-4-6-11(9)14/h4-6,8,12,15H,3,7H2,1-2H3. The van der Waals surface area contributed by atoms with E-state index >= 15 is 0 Å². The topological polar surface area (TPSA) is 20.2 Å². The van der Waals surface area contributed by atoms with E-state index in [-0.39, 0.29) is 12.0 Å². The molecule has 2 unspecified atom stereocenters. The van der Waals surface area contributed by atoms with E-state index in [1.165, 1.54) is 0 Å². The molecule has 2 atom stereocenters. The van der Waals surface area contributed by atoms with Gasteiger partial charge in [-0.25, -0.2) is 0 Å². The molecule has 0 aliphatic rings. The summed E-state index contributed by atoms with van der Waals surface area (Å²) in [5, 5.41) is 11.2. The third-order valence-electron chi connectivity index (χ3n) is 2.78. The highest BCUT2D eigenvalue weighted by Crippen LogP contribution is 2.27. The zero-order valence-electron chi connectivity index (χ0n) is 9.00. The first-order chi connectivity index (χ1) is 7.06. The number of hydrogen-bond acceptors (Lipinski definition) is 1. The molecule has 0 saturated heterocycles. The first-order valence-electron chi connectivity index (χ1n) is 5.17. The van der Waals surface area contributed by atoms with Crippen molar-refractivity contribution in [1.29, 1.82) is 0 Å². The summed E-state index contributed by atoms with van der Waals surface area (Å²) < 4.78 is 0. The molecule has 0 spiro atoms. The molecule has 3 heteroatoms. The fourth-order valence-electron chi connectivity index (χ4n) is 1.41. The van der Waals surface area contributed by atoms with Gasteiger partial charge < -0.3 is 5.11 Å². The quantitative estimate of drug-likeness (QED) is 0.854. The van der Waals surface area contributed by atoms with Gasteiger partial charge in [0.15, 0.2) is 0 Å². The van der Waals surface area contributed by atoms with Gasteiger partial charge in [-0.2, -0.15) is 0 Å². The van der Waals surface area contributed by atoms with Crippen LogP contribution in [0.25, 0.3) is 0 Å². The predicted molar refractivity (Wildman–Crippen MR) is 65.6 cm³/mol. The van der Waals surface area contributed by atoms with Gasteiger partial charge >= 0.3 is 0 Å². The van der Waals surface area contributed by atoms with E-state index in [2.05, 4.69) is 6.92 Å². The maximum atomic E-state index is 9.90. The highest BCUT2D eigenvalue weighted by molar-refractivity contribution is 6.35. The molecule has 1 nitrogen and oxygen atoms in total. The molecule has 1 aromatic carbocycles. The third-order valence-corrected chi connectivity index (χ3v) is 3.48. The van der Waals surface area contributed by atoms with Gasteiger partial charge in [0.2, 0.25) is 0 Å². The lowest BCUT2D eigenvalue weighted by Gasteiger charge is -2.18. The van der Waals surface area contributed by atoms with Crippen molar-refractivity contribution >= 4 is 23.2 Å². The Morgan fingerprint density at radius 3 is 2.27 bits per heavy atom. The zero-order valence-corrected chi connectivity index (χ0v) is 10.5. The van der Waals surface area contributed by atoms with Crippen LogP contribution in [0.1, 0.15) is 25.8 Å². The van der Waals surface area contributed by atoms with Crippen molar-refractivity contribution in [3.8, 4) is 0 Å². The number of aliphatic hydroxyl groups excluding tert-OH is 1. The maximum absolute atomic E-state index is 9.90. The van der Waals surface area contributed by atoms with Crippen LogP contribution in [0.3, 0.4) is 0 Å². The van der Waals surface area contributed by atoms with Gasteiger partial charge in [0, 0.05) is 16.5 Å². The molecule has 84 valence electrons. The van der Waals surface area contributed by atoms with Gasteiger partial charge in [-0.15, -0.1) is 0 Å². The third kappa shape index (κ3) is 3.37. The zero-order chi connectivity index (χ0) is 11.4.